The summed E-state index contributed by atoms with van der Waals surface area (Å²) in [5.41, 5.74) is 0.666. The van der Waals surface area contributed by atoms with Crippen LogP contribution in [0.1, 0.15) is 5.56 Å². The van der Waals surface area contributed by atoms with Crippen molar-refractivity contribution in [1.29, 1.82) is 5.26 Å². The van der Waals surface area contributed by atoms with Gasteiger partial charge in [0.05, 0.1) is 12.7 Å². The van der Waals surface area contributed by atoms with Crippen molar-refractivity contribution in [3.8, 4) is 11.8 Å². The lowest BCUT2D eigenvalue weighted by molar-refractivity contribution is 0.414. The van der Waals surface area contributed by atoms with Crippen LogP contribution in [-0.4, -0.2) is 7.11 Å². The third-order valence-corrected chi connectivity index (χ3v) is 4.40. The Kier molecular flexibility index (Phi) is 3.58. The number of rotatable bonds is 1. The van der Waals surface area contributed by atoms with Gasteiger partial charge >= 0.3 is 0 Å². The molecule has 12 heavy (non-hydrogen) atoms. The van der Waals surface area contributed by atoms with E-state index in [4.69, 9.17) is 10.00 Å². The van der Waals surface area contributed by atoms with Gasteiger partial charge in [-0.25, -0.2) is 0 Å². The molecular weight excluding hydrogens is 380 g/mol. The summed E-state index contributed by atoms with van der Waals surface area (Å²) in [7, 11) is 1.60. The minimum absolute atomic E-state index is 0.666. The van der Waals surface area contributed by atoms with Crippen LogP contribution in [0.4, 0.5) is 0 Å². The lowest BCUT2D eigenvalue weighted by Crippen LogP contribution is -1.90. The van der Waals surface area contributed by atoms with Crippen LogP contribution in [0.25, 0.3) is 0 Å². The van der Waals surface area contributed by atoms with E-state index < -0.39 is 0 Å². The summed E-state index contributed by atoms with van der Waals surface area (Å²) < 4.78 is 7.06. The average molecular weight is 385 g/mol. The number of nitriles is 1. The van der Waals surface area contributed by atoms with Crippen LogP contribution in [0.2, 0.25) is 0 Å². The van der Waals surface area contributed by atoms with Gasteiger partial charge in [0.15, 0.2) is 0 Å². The van der Waals surface area contributed by atoms with Crippen LogP contribution in [0.3, 0.4) is 0 Å². The SMILES string of the molecule is COc1cc(I)c(I)c(C#N)c1. The molecule has 0 atom stereocenters. The van der Waals surface area contributed by atoms with Gasteiger partial charge < -0.3 is 4.74 Å². The van der Waals surface area contributed by atoms with E-state index in [1.165, 1.54) is 0 Å². The molecule has 0 saturated carbocycles. The third kappa shape index (κ3) is 2.01. The van der Waals surface area contributed by atoms with Gasteiger partial charge in [-0.15, -0.1) is 0 Å². The highest BCUT2D eigenvalue weighted by atomic mass is 127. The first-order valence-electron chi connectivity index (χ1n) is 3.12. The second kappa shape index (κ2) is 4.28. The van der Waals surface area contributed by atoms with Gasteiger partial charge in [0.25, 0.3) is 0 Å². The standard InChI is InChI=1S/C8H5I2NO/c1-12-6-2-5(4-11)8(10)7(9)3-6/h2-3H,1H3. The Morgan fingerprint density at radius 3 is 2.58 bits per heavy atom. The number of benzene rings is 1. The third-order valence-electron chi connectivity index (χ3n) is 1.36. The highest BCUT2D eigenvalue weighted by Crippen LogP contribution is 2.24. The van der Waals surface area contributed by atoms with E-state index in [9.17, 15) is 0 Å². The van der Waals surface area contributed by atoms with Crippen molar-refractivity contribution >= 4 is 45.2 Å². The highest BCUT2D eigenvalue weighted by Gasteiger charge is 2.05. The molecule has 1 rings (SSSR count). The van der Waals surface area contributed by atoms with E-state index in [-0.39, 0.29) is 0 Å². The number of hydrogen-bond acceptors (Lipinski definition) is 2. The molecule has 0 aliphatic carbocycles. The molecule has 0 unspecified atom stereocenters. The molecule has 0 aliphatic heterocycles. The molecule has 62 valence electrons. The predicted molar refractivity (Wildman–Crippen MR) is 63.1 cm³/mol. The molecule has 0 aromatic heterocycles. The second-order valence-corrected chi connectivity index (χ2v) is 4.32. The van der Waals surface area contributed by atoms with E-state index in [1.54, 1.807) is 13.2 Å². The van der Waals surface area contributed by atoms with Crippen molar-refractivity contribution in [2.24, 2.45) is 0 Å². The van der Waals surface area contributed by atoms with Crippen LogP contribution in [0, 0.1) is 18.5 Å². The summed E-state index contributed by atoms with van der Waals surface area (Å²) in [5, 5.41) is 8.75. The summed E-state index contributed by atoms with van der Waals surface area (Å²) in [4.78, 5) is 0. The van der Waals surface area contributed by atoms with Crippen molar-refractivity contribution in [3.05, 3.63) is 24.8 Å². The van der Waals surface area contributed by atoms with E-state index in [0.29, 0.717) is 5.56 Å². The zero-order chi connectivity index (χ0) is 9.14. The van der Waals surface area contributed by atoms with Crippen LogP contribution in [0.15, 0.2) is 12.1 Å². The predicted octanol–water partition coefficient (Wildman–Crippen LogP) is 2.78. The summed E-state index contributed by atoms with van der Waals surface area (Å²) in [5.74, 6) is 0.733. The largest absolute Gasteiger partial charge is 0.497 e. The minimum atomic E-state index is 0.666. The monoisotopic (exact) mass is 385 g/mol. The van der Waals surface area contributed by atoms with Crippen LogP contribution < -0.4 is 4.74 Å². The molecule has 0 radical (unpaired) electrons. The lowest BCUT2D eigenvalue weighted by Gasteiger charge is -2.03. The first kappa shape index (κ1) is 10.1. The van der Waals surface area contributed by atoms with Crippen LogP contribution >= 0.6 is 45.2 Å². The number of ether oxygens (including phenoxy) is 1. The van der Waals surface area contributed by atoms with Crippen molar-refractivity contribution < 1.29 is 4.74 Å². The van der Waals surface area contributed by atoms with Gasteiger partial charge in [0, 0.05) is 7.14 Å². The summed E-state index contributed by atoms with van der Waals surface area (Å²) in [6, 6.07) is 5.76. The molecular formula is C8H5I2NO. The van der Waals surface area contributed by atoms with Crippen molar-refractivity contribution in [2.45, 2.75) is 0 Å². The van der Waals surface area contributed by atoms with Gasteiger partial charge in [0.2, 0.25) is 0 Å². The smallest absolute Gasteiger partial charge is 0.121 e. The Hall–Kier alpha value is -0.0300. The molecule has 0 fully saturated rings. The molecule has 4 heteroatoms. The Morgan fingerprint density at radius 1 is 1.42 bits per heavy atom. The fraction of sp³-hybridized carbons (Fsp3) is 0.125. The maximum absolute atomic E-state index is 8.75. The first-order valence-corrected chi connectivity index (χ1v) is 5.28. The Bertz CT molecular complexity index is 344. The minimum Gasteiger partial charge on any atom is -0.497 e. The Balaban J connectivity index is 3.31. The normalized spacial score (nSPS) is 9.17. The van der Waals surface area contributed by atoms with Crippen molar-refractivity contribution in [1.82, 2.24) is 0 Å². The number of hydrogen-bond donors (Lipinski definition) is 0. The van der Waals surface area contributed by atoms with E-state index in [1.807, 2.05) is 6.07 Å². The molecule has 0 amide bonds. The van der Waals surface area contributed by atoms with Gasteiger partial charge in [-0.2, -0.15) is 5.26 Å². The highest BCUT2D eigenvalue weighted by molar-refractivity contribution is 14.1. The molecule has 0 spiro atoms. The molecule has 0 bridgehead atoms. The molecule has 1 aromatic carbocycles. The summed E-state index contributed by atoms with van der Waals surface area (Å²) in [6.07, 6.45) is 0. The number of methoxy groups -OCH3 is 1. The fourth-order valence-corrected chi connectivity index (χ4v) is 1.79. The van der Waals surface area contributed by atoms with Gasteiger partial charge in [-0.3, -0.25) is 0 Å². The molecule has 0 N–H and O–H groups in total. The van der Waals surface area contributed by atoms with E-state index in [0.717, 1.165) is 12.9 Å². The maximum atomic E-state index is 8.75. The molecule has 1 aromatic rings. The number of halogens is 2. The fourth-order valence-electron chi connectivity index (χ4n) is 0.763. The van der Waals surface area contributed by atoms with Crippen molar-refractivity contribution in [2.75, 3.05) is 7.11 Å². The Labute approximate surface area is 98.2 Å². The van der Waals surface area contributed by atoms with E-state index >= 15 is 0 Å². The Morgan fingerprint density at radius 2 is 2.08 bits per heavy atom. The summed E-state index contributed by atoms with van der Waals surface area (Å²) in [6.45, 7) is 0. The van der Waals surface area contributed by atoms with Crippen molar-refractivity contribution in [3.63, 3.8) is 0 Å². The van der Waals surface area contributed by atoms with E-state index in [2.05, 4.69) is 51.3 Å². The average Bonchev–Trinajstić information content (AvgIpc) is 2.09. The lowest BCUT2D eigenvalue weighted by atomic mass is 10.2. The first-order chi connectivity index (χ1) is 5.69. The van der Waals surface area contributed by atoms with Gasteiger partial charge in [0.1, 0.15) is 11.8 Å². The zero-order valence-corrected chi connectivity index (χ0v) is 10.6. The zero-order valence-electron chi connectivity index (χ0n) is 6.27. The molecule has 0 saturated heterocycles. The maximum Gasteiger partial charge on any atom is 0.121 e. The molecule has 2 nitrogen and oxygen atoms in total. The quantitative estimate of drug-likeness (QED) is 0.697. The summed E-state index contributed by atoms with van der Waals surface area (Å²) >= 11 is 4.34. The van der Waals surface area contributed by atoms with Gasteiger partial charge in [-0.1, -0.05) is 0 Å². The van der Waals surface area contributed by atoms with Gasteiger partial charge in [-0.05, 0) is 57.3 Å². The number of nitrogens with zero attached hydrogens (tertiary/aromatic N) is 1. The van der Waals surface area contributed by atoms with Crippen LogP contribution in [-0.2, 0) is 0 Å². The molecule has 0 aliphatic rings. The van der Waals surface area contributed by atoms with Crippen LogP contribution in [0.5, 0.6) is 5.75 Å². The second-order valence-electron chi connectivity index (χ2n) is 2.08. The molecule has 0 heterocycles. The topological polar surface area (TPSA) is 33.0 Å².